The Morgan fingerprint density at radius 1 is 1.30 bits per heavy atom. The third kappa shape index (κ3) is 4.10. The van der Waals surface area contributed by atoms with E-state index in [1.807, 2.05) is 41.2 Å². The highest BCUT2D eigenvalue weighted by Crippen LogP contribution is 2.24. The van der Waals surface area contributed by atoms with Gasteiger partial charge in [0, 0.05) is 43.6 Å². The van der Waals surface area contributed by atoms with Crippen LogP contribution in [-0.2, 0) is 5.54 Å². The van der Waals surface area contributed by atoms with Gasteiger partial charge in [0.15, 0.2) is 0 Å². The lowest BCUT2D eigenvalue weighted by atomic mass is 10.0. The molecular formula is C21H33N5O. The van der Waals surface area contributed by atoms with Gasteiger partial charge in [-0.1, -0.05) is 13.8 Å². The van der Waals surface area contributed by atoms with E-state index in [1.54, 1.807) is 0 Å². The van der Waals surface area contributed by atoms with Crippen molar-refractivity contribution in [3.05, 3.63) is 30.2 Å². The van der Waals surface area contributed by atoms with Crippen molar-refractivity contribution in [1.29, 1.82) is 0 Å². The number of aromatic amines is 1. The summed E-state index contributed by atoms with van der Waals surface area (Å²) in [4.78, 5) is 20.6. The fourth-order valence-corrected chi connectivity index (χ4v) is 3.62. The molecule has 27 heavy (non-hydrogen) atoms. The molecule has 1 fully saturated rings. The average Bonchev–Trinajstić information content (AvgIpc) is 3.36. The van der Waals surface area contributed by atoms with Crippen LogP contribution < -0.4 is 0 Å². The van der Waals surface area contributed by atoms with Crippen LogP contribution >= 0.6 is 0 Å². The number of rotatable bonds is 6. The number of hydrogen-bond donors (Lipinski definition) is 1. The molecule has 1 N–H and O–H groups in total. The molecule has 0 aromatic carbocycles. The zero-order valence-corrected chi connectivity index (χ0v) is 17.3. The summed E-state index contributed by atoms with van der Waals surface area (Å²) in [5, 5.41) is 4.51. The second-order valence-corrected chi connectivity index (χ2v) is 8.21. The normalized spacial score (nSPS) is 16.6. The molecule has 2 aromatic heterocycles. The molecule has 148 valence electrons. The maximum Gasteiger partial charge on any atom is 0.270 e. The SMILES string of the molecule is CCN1CCC(N(C)C(=O)c2ccc(-c3cnn(C(C)(C)CC)c3)[nH]2)CC1. The van der Waals surface area contributed by atoms with E-state index in [1.165, 1.54) is 0 Å². The van der Waals surface area contributed by atoms with Crippen LogP contribution in [0.2, 0.25) is 0 Å². The molecule has 2 aromatic rings. The molecule has 6 heteroatoms. The van der Waals surface area contributed by atoms with Gasteiger partial charge in [-0.05, 0) is 51.8 Å². The van der Waals surface area contributed by atoms with Crippen molar-refractivity contribution in [2.45, 2.75) is 58.5 Å². The summed E-state index contributed by atoms with van der Waals surface area (Å²) in [6, 6.07) is 4.18. The quantitative estimate of drug-likeness (QED) is 0.844. The number of carbonyl (C=O) groups is 1. The topological polar surface area (TPSA) is 57.2 Å². The largest absolute Gasteiger partial charge is 0.350 e. The van der Waals surface area contributed by atoms with Crippen molar-refractivity contribution < 1.29 is 4.79 Å². The third-order valence-corrected chi connectivity index (χ3v) is 6.17. The van der Waals surface area contributed by atoms with Crippen molar-refractivity contribution >= 4 is 5.91 Å². The first-order valence-corrected chi connectivity index (χ1v) is 10.1. The first-order chi connectivity index (χ1) is 12.9. The summed E-state index contributed by atoms with van der Waals surface area (Å²) >= 11 is 0. The number of nitrogens with zero attached hydrogens (tertiary/aromatic N) is 4. The van der Waals surface area contributed by atoms with Gasteiger partial charge in [0.05, 0.1) is 11.7 Å². The van der Waals surface area contributed by atoms with E-state index in [4.69, 9.17) is 0 Å². The van der Waals surface area contributed by atoms with Crippen LogP contribution in [0.25, 0.3) is 11.3 Å². The van der Waals surface area contributed by atoms with Crippen molar-refractivity contribution in [2.75, 3.05) is 26.7 Å². The standard InChI is InChI=1S/C21H33N5O/c1-6-21(3,4)26-15-16(14-22-26)18-8-9-19(23-18)20(27)24(5)17-10-12-25(7-2)13-11-17/h8-9,14-15,17,23H,6-7,10-13H2,1-5H3. The molecule has 0 radical (unpaired) electrons. The molecule has 0 unspecified atom stereocenters. The third-order valence-electron chi connectivity index (χ3n) is 6.17. The number of amides is 1. The Hall–Kier alpha value is -2.08. The van der Waals surface area contributed by atoms with Gasteiger partial charge in [-0.2, -0.15) is 5.10 Å². The molecule has 1 aliphatic heterocycles. The minimum atomic E-state index is -0.0168. The maximum atomic E-state index is 12.9. The van der Waals surface area contributed by atoms with E-state index in [2.05, 4.69) is 42.7 Å². The van der Waals surface area contributed by atoms with Crippen LogP contribution in [0.4, 0.5) is 0 Å². The number of H-pyrrole nitrogens is 1. The van der Waals surface area contributed by atoms with Crippen LogP contribution in [0.15, 0.2) is 24.5 Å². The van der Waals surface area contributed by atoms with Crippen molar-refractivity contribution in [3.8, 4) is 11.3 Å². The van der Waals surface area contributed by atoms with Crippen LogP contribution in [0.1, 0.15) is 57.4 Å². The first-order valence-electron chi connectivity index (χ1n) is 10.1. The van der Waals surface area contributed by atoms with E-state index in [-0.39, 0.29) is 11.4 Å². The van der Waals surface area contributed by atoms with Crippen molar-refractivity contribution in [1.82, 2.24) is 24.6 Å². The van der Waals surface area contributed by atoms with Crippen LogP contribution in [0.3, 0.4) is 0 Å². The molecule has 0 saturated carbocycles. The Labute approximate surface area is 162 Å². The molecule has 3 rings (SSSR count). The van der Waals surface area contributed by atoms with Gasteiger partial charge in [-0.15, -0.1) is 0 Å². The molecular weight excluding hydrogens is 338 g/mol. The summed E-state index contributed by atoms with van der Waals surface area (Å²) in [6.45, 7) is 11.9. The van der Waals surface area contributed by atoms with E-state index < -0.39 is 0 Å². The van der Waals surface area contributed by atoms with Gasteiger partial charge < -0.3 is 14.8 Å². The smallest absolute Gasteiger partial charge is 0.270 e. The molecule has 3 heterocycles. The highest BCUT2D eigenvalue weighted by atomic mass is 16.2. The average molecular weight is 372 g/mol. The Bertz CT molecular complexity index is 767. The van der Waals surface area contributed by atoms with E-state index in [0.717, 1.165) is 50.2 Å². The number of likely N-dealkylation sites (tertiary alicyclic amines) is 1. The number of piperidine rings is 1. The number of nitrogens with one attached hydrogen (secondary N) is 1. The molecule has 1 saturated heterocycles. The molecule has 0 atom stereocenters. The van der Waals surface area contributed by atoms with Gasteiger partial charge in [-0.25, -0.2) is 0 Å². The monoisotopic (exact) mass is 371 g/mol. The highest BCUT2D eigenvalue weighted by molar-refractivity contribution is 5.93. The molecule has 6 nitrogen and oxygen atoms in total. The number of carbonyl (C=O) groups excluding carboxylic acids is 1. The summed E-state index contributed by atoms with van der Waals surface area (Å²) in [5.74, 6) is 0.0671. The van der Waals surface area contributed by atoms with Gasteiger partial charge in [-0.3, -0.25) is 9.48 Å². The maximum absolute atomic E-state index is 12.9. The predicted octanol–water partition coefficient (Wildman–Crippen LogP) is 3.58. The predicted molar refractivity (Wildman–Crippen MR) is 109 cm³/mol. The lowest BCUT2D eigenvalue weighted by Crippen LogP contribution is -2.45. The first kappa shape index (κ1) is 19.7. The Morgan fingerprint density at radius 2 is 2.00 bits per heavy atom. The second kappa shape index (κ2) is 7.89. The number of aromatic nitrogens is 3. The van der Waals surface area contributed by atoms with Crippen LogP contribution in [0, 0.1) is 0 Å². The Kier molecular flexibility index (Phi) is 5.75. The lowest BCUT2D eigenvalue weighted by molar-refractivity contribution is 0.0642. The number of hydrogen-bond acceptors (Lipinski definition) is 3. The zero-order valence-electron chi connectivity index (χ0n) is 17.3. The molecule has 0 spiro atoms. The molecule has 1 aliphatic rings. The Morgan fingerprint density at radius 3 is 2.63 bits per heavy atom. The van der Waals surface area contributed by atoms with E-state index in [0.29, 0.717) is 11.7 Å². The minimum Gasteiger partial charge on any atom is -0.350 e. The zero-order chi connectivity index (χ0) is 19.6. The van der Waals surface area contributed by atoms with Crippen LogP contribution in [-0.4, -0.2) is 63.2 Å². The van der Waals surface area contributed by atoms with Crippen molar-refractivity contribution in [2.24, 2.45) is 0 Å². The van der Waals surface area contributed by atoms with Gasteiger partial charge in [0.2, 0.25) is 0 Å². The molecule has 0 bridgehead atoms. The molecule has 1 amide bonds. The second-order valence-electron chi connectivity index (χ2n) is 8.21. The summed E-state index contributed by atoms with van der Waals surface area (Å²) < 4.78 is 2.00. The minimum absolute atomic E-state index is 0.0168. The van der Waals surface area contributed by atoms with E-state index >= 15 is 0 Å². The van der Waals surface area contributed by atoms with E-state index in [9.17, 15) is 4.79 Å². The van der Waals surface area contributed by atoms with Gasteiger partial charge in [0.25, 0.3) is 5.91 Å². The van der Waals surface area contributed by atoms with Crippen molar-refractivity contribution in [3.63, 3.8) is 0 Å². The highest BCUT2D eigenvalue weighted by Gasteiger charge is 2.26. The van der Waals surface area contributed by atoms with Crippen LogP contribution in [0.5, 0.6) is 0 Å². The fraction of sp³-hybridized carbons (Fsp3) is 0.619. The Balaban J connectivity index is 1.69. The fourth-order valence-electron chi connectivity index (χ4n) is 3.62. The van der Waals surface area contributed by atoms with Gasteiger partial charge in [0.1, 0.15) is 5.69 Å². The lowest BCUT2D eigenvalue weighted by Gasteiger charge is -2.36. The summed E-state index contributed by atoms with van der Waals surface area (Å²) in [5.41, 5.74) is 2.57. The van der Waals surface area contributed by atoms with Gasteiger partial charge >= 0.3 is 0 Å². The molecule has 0 aliphatic carbocycles. The summed E-state index contributed by atoms with van der Waals surface area (Å²) in [6.07, 6.45) is 7.00. The summed E-state index contributed by atoms with van der Waals surface area (Å²) in [7, 11) is 1.93.